The highest BCUT2D eigenvalue weighted by molar-refractivity contribution is 14.1. The SMILES string of the molecule is CC1(C)CCCC2(CC1)CC(=O)OC2CI. The molecule has 2 atom stereocenters. The number of esters is 1. The van der Waals surface area contributed by atoms with Crippen LogP contribution in [0.3, 0.4) is 0 Å². The topological polar surface area (TPSA) is 26.3 Å². The van der Waals surface area contributed by atoms with Crippen molar-refractivity contribution in [2.45, 2.75) is 58.5 Å². The first-order valence-electron chi connectivity index (χ1n) is 6.23. The van der Waals surface area contributed by atoms with Crippen LogP contribution in [0, 0.1) is 10.8 Å². The standard InChI is InChI=1S/C13H21IO2/c1-12(2)4-3-5-13(7-6-12)8-11(15)16-10(13)9-14/h10H,3-9H2,1-2H3. The molecule has 2 rings (SSSR count). The number of alkyl halides is 1. The Morgan fingerprint density at radius 1 is 1.31 bits per heavy atom. The van der Waals surface area contributed by atoms with Crippen LogP contribution >= 0.6 is 22.6 Å². The molecule has 1 aliphatic carbocycles. The zero-order valence-corrected chi connectivity index (χ0v) is 12.4. The van der Waals surface area contributed by atoms with E-state index in [1.165, 1.54) is 32.1 Å². The van der Waals surface area contributed by atoms with Crippen LogP contribution in [0.25, 0.3) is 0 Å². The van der Waals surface area contributed by atoms with E-state index in [1.54, 1.807) is 0 Å². The molecule has 1 heterocycles. The average Bonchev–Trinajstić information content (AvgIpc) is 2.43. The van der Waals surface area contributed by atoms with Crippen molar-refractivity contribution in [3.05, 3.63) is 0 Å². The van der Waals surface area contributed by atoms with Crippen molar-refractivity contribution in [1.29, 1.82) is 0 Å². The smallest absolute Gasteiger partial charge is 0.306 e. The monoisotopic (exact) mass is 336 g/mol. The Kier molecular flexibility index (Phi) is 3.53. The maximum absolute atomic E-state index is 11.5. The number of carbonyl (C=O) groups excluding carboxylic acids is 1. The Morgan fingerprint density at radius 2 is 2.06 bits per heavy atom. The molecule has 0 aromatic heterocycles. The lowest BCUT2D eigenvalue weighted by molar-refractivity contribution is -0.140. The van der Waals surface area contributed by atoms with Crippen molar-refractivity contribution < 1.29 is 9.53 Å². The molecular weight excluding hydrogens is 315 g/mol. The van der Waals surface area contributed by atoms with Gasteiger partial charge in [0, 0.05) is 9.84 Å². The highest BCUT2D eigenvalue weighted by atomic mass is 127. The van der Waals surface area contributed by atoms with Gasteiger partial charge in [-0.3, -0.25) is 4.79 Å². The number of hydrogen-bond donors (Lipinski definition) is 0. The number of carbonyl (C=O) groups is 1. The lowest BCUT2D eigenvalue weighted by Gasteiger charge is -2.31. The minimum Gasteiger partial charge on any atom is -0.461 e. The van der Waals surface area contributed by atoms with Gasteiger partial charge in [0.1, 0.15) is 6.10 Å². The first-order chi connectivity index (χ1) is 7.47. The van der Waals surface area contributed by atoms with Crippen LogP contribution in [0.2, 0.25) is 0 Å². The van der Waals surface area contributed by atoms with Gasteiger partial charge in [0.2, 0.25) is 0 Å². The predicted octanol–water partition coefficient (Wildman–Crippen LogP) is 3.71. The molecule has 3 heteroatoms. The van der Waals surface area contributed by atoms with Crippen molar-refractivity contribution in [3.63, 3.8) is 0 Å². The Labute approximate surface area is 112 Å². The number of ether oxygens (including phenoxy) is 1. The Balaban J connectivity index is 2.15. The number of halogens is 1. The van der Waals surface area contributed by atoms with Gasteiger partial charge in [0.05, 0.1) is 6.42 Å². The summed E-state index contributed by atoms with van der Waals surface area (Å²) in [6.07, 6.45) is 6.95. The Morgan fingerprint density at radius 3 is 2.75 bits per heavy atom. The first-order valence-corrected chi connectivity index (χ1v) is 7.76. The third kappa shape index (κ3) is 2.39. The summed E-state index contributed by atoms with van der Waals surface area (Å²) < 4.78 is 6.43. The van der Waals surface area contributed by atoms with Gasteiger partial charge < -0.3 is 4.74 Å². The molecule has 0 aromatic rings. The van der Waals surface area contributed by atoms with Gasteiger partial charge in [-0.15, -0.1) is 0 Å². The van der Waals surface area contributed by atoms with Crippen LogP contribution in [0.5, 0.6) is 0 Å². The van der Waals surface area contributed by atoms with Crippen molar-refractivity contribution in [2.24, 2.45) is 10.8 Å². The van der Waals surface area contributed by atoms with E-state index in [-0.39, 0.29) is 17.5 Å². The normalized spacial score (nSPS) is 38.4. The molecule has 1 saturated heterocycles. The fraction of sp³-hybridized carbons (Fsp3) is 0.923. The van der Waals surface area contributed by atoms with Crippen LogP contribution in [-0.4, -0.2) is 16.5 Å². The second-order valence-corrected chi connectivity index (χ2v) is 7.07. The van der Waals surface area contributed by atoms with Crippen LogP contribution in [0.1, 0.15) is 52.4 Å². The summed E-state index contributed by atoms with van der Waals surface area (Å²) >= 11 is 2.36. The van der Waals surface area contributed by atoms with Gasteiger partial charge in [-0.1, -0.05) is 42.9 Å². The molecule has 0 amide bonds. The van der Waals surface area contributed by atoms with Crippen LogP contribution in [0.4, 0.5) is 0 Å². The van der Waals surface area contributed by atoms with E-state index in [4.69, 9.17) is 4.74 Å². The van der Waals surface area contributed by atoms with E-state index in [2.05, 4.69) is 36.4 Å². The van der Waals surface area contributed by atoms with Gasteiger partial charge >= 0.3 is 5.97 Å². The summed E-state index contributed by atoms with van der Waals surface area (Å²) in [6, 6.07) is 0. The quantitative estimate of drug-likeness (QED) is 0.414. The minimum absolute atomic E-state index is 0.0290. The van der Waals surface area contributed by atoms with Crippen LogP contribution in [0.15, 0.2) is 0 Å². The molecule has 1 spiro atoms. The van der Waals surface area contributed by atoms with E-state index in [9.17, 15) is 4.79 Å². The summed E-state index contributed by atoms with van der Waals surface area (Å²) in [5.74, 6) is 0.0290. The number of cyclic esters (lactones) is 1. The summed E-state index contributed by atoms with van der Waals surface area (Å²) in [4.78, 5) is 11.5. The zero-order chi connectivity index (χ0) is 11.8. The van der Waals surface area contributed by atoms with Crippen molar-refractivity contribution in [2.75, 3.05) is 4.43 Å². The largest absolute Gasteiger partial charge is 0.461 e. The fourth-order valence-electron chi connectivity index (χ4n) is 3.18. The molecule has 1 aliphatic heterocycles. The molecule has 16 heavy (non-hydrogen) atoms. The zero-order valence-electron chi connectivity index (χ0n) is 10.2. The predicted molar refractivity (Wildman–Crippen MR) is 72.7 cm³/mol. The molecule has 0 N–H and O–H groups in total. The maximum Gasteiger partial charge on any atom is 0.306 e. The van der Waals surface area contributed by atoms with Gasteiger partial charge in [-0.25, -0.2) is 0 Å². The first kappa shape index (κ1) is 12.7. The van der Waals surface area contributed by atoms with E-state index in [1.807, 2.05) is 0 Å². The van der Waals surface area contributed by atoms with Crippen molar-refractivity contribution in [3.8, 4) is 0 Å². The highest BCUT2D eigenvalue weighted by Crippen LogP contribution is 2.50. The van der Waals surface area contributed by atoms with Gasteiger partial charge in [-0.2, -0.15) is 0 Å². The molecule has 92 valence electrons. The fourth-order valence-corrected chi connectivity index (χ4v) is 4.29. The minimum atomic E-state index is 0.0290. The van der Waals surface area contributed by atoms with Crippen LogP contribution < -0.4 is 0 Å². The Bertz CT molecular complexity index is 288. The molecule has 1 saturated carbocycles. The van der Waals surface area contributed by atoms with Gasteiger partial charge in [0.15, 0.2) is 0 Å². The van der Waals surface area contributed by atoms with Crippen molar-refractivity contribution in [1.82, 2.24) is 0 Å². The lowest BCUT2D eigenvalue weighted by atomic mass is 9.74. The summed E-state index contributed by atoms with van der Waals surface area (Å²) in [5.41, 5.74) is 0.622. The summed E-state index contributed by atoms with van der Waals surface area (Å²) in [6.45, 7) is 4.70. The molecule has 2 fully saturated rings. The van der Waals surface area contributed by atoms with Gasteiger partial charge in [0.25, 0.3) is 0 Å². The molecule has 0 aromatic carbocycles. The highest BCUT2D eigenvalue weighted by Gasteiger charge is 2.49. The van der Waals surface area contributed by atoms with E-state index < -0.39 is 0 Å². The lowest BCUT2D eigenvalue weighted by Crippen LogP contribution is -2.32. The molecule has 2 nitrogen and oxygen atoms in total. The average molecular weight is 336 g/mol. The molecule has 2 unspecified atom stereocenters. The second kappa shape index (κ2) is 4.46. The Hall–Kier alpha value is 0.200. The molecule has 0 bridgehead atoms. The third-order valence-electron chi connectivity index (χ3n) is 4.42. The van der Waals surface area contributed by atoms with Crippen molar-refractivity contribution >= 4 is 28.6 Å². The van der Waals surface area contributed by atoms with E-state index in [0.717, 1.165) is 4.43 Å². The molecule has 0 radical (unpaired) electrons. The van der Waals surface area contributed by atoms with E-state index >= 15 is 0 Å². The second-order valence-electron chi connectivity index (χ2n) is 6.19. The summed E-state index contributed by atoms with van der Waals surface area (Å²) in [7, 11) is 0. The third-order valence-corrected chi connectivity index (χ3v) is 5.22. The van der Waals surface area contributed by atoms with E-state index in [0.29, 0.717) is 11.8 Å². The van der Waals surface area contributed by atoms with Gasteiger partial charge in [-0.05, 0) is 31.1 Å². The number of hydrogen-bond acceptors (Lipinski definition) is 2. The number of rotatable bonds is 1. The summed E-state index contributed by atoms with van der Waals surface area (Å²) in [5, 5.41) is 0. The molecular formula is C13H21IO2. The molecule has 2 aliphatic rings. The maximum atomic E-state index is 11.5. The van der Waals surface area contributed by atoms with Crippen LogP contribution in [-0.2, 0) is 9.53 Å².